The third kappa shape index (κ3) is 5.15. The van der Waals surface area contributed by atoms with Gasteiger partial charge in [-0.3, -0.25) is 9.78 Å². The fourth-order valence-electron chi connectivity index (χ4n) is 4.48. The Bertz CT molecular complexity index is 1140. The number of methoxy groups -OCH3 is 2. The van der Waals surface area contributed by atoms with E-state index in [0.717, 1.165) is 42.7 Å². The van der Waals surface area contributed by atoms with Gasteiger partial charge in [0.2, 0.25) is 0 Å². The Kier molecular flexibility index (Phi) is 7.03. The van der Waals surface area contributed by atoms with Crippen molar-refractivity contribution >= 4 is 17.3 Å². The Labute approximate surface area is 200 Å². The number of pyridine rings is 1. The van der Waals surface area contributed by atoms with Gasteiger partial charge in [0.1, 0.15) is 11.5 Å². The van der Waals surface area contributed by atoms with Gasteiger partial charge in [0.15, 0.2) is 0 Å². The molecule has 178 valence electrons. The fraction of sp³-hybridized carbons (Fsp3) is 0.333. The summed E-state index contributed by atoms with van der Waals surface area (Å²) >= 11 is 0. The first-order chi connectivity index (χ1) is 16.4. The lowest BCUT2D eigenvalue weighted by Crippen LogP contribution is -2.40. The molecule has 1 fully saturated rings. The maximum Gasteiger partial charge on any atom is 0.256 e. The van der Waals surface area contributed by atoms with Gasteiger partial charge in [0, 0.05) is 42.5 Å². The molecule has 2 heterocycles. The van der Waals surface area contributed by atoms with Gasteiger partial charge in [0.05, 0.1) is 31.8 Å². The maximum atomic E-state index is 13.3. The molecule has 7 heteroatoms. The molecule has 1 aliphatic heterocycles. The summed E-state index contributed by atoms with van der Waals surface area (Å²) in [6.07, 6.45) is 5.39. The Morgan fingerprint density at radius 1 is 0.971 bits per heavy atom. The van der Waals surface area contributed by atoms with Crippen LogP contribution in [0.25, 0.3) is 11.1 Å². The van der Waals surface area contributed by atoms with Crippen molar-refractivity contribution in [3.63, 3.8) is 0 Å². The number of rotatable bonds is 6. The van der Waals surface area contributed by atoms with Crippen molar-refractivity contribution < 1.29 is 14.3 Å². The molecule has 1 saturated heterocycles. The highest BCUT2D eigenvalue weighted by Crippen LogP contribution is 2.39. The average Bonchev–Trinajstić information content (AvgIpc) is 2.83. The van der Waals surface area contributed by atoms with Crippen LogP contribution in [0.1, 0.15) is 34.3 Å². The first kappa shape index (κ1) is 23.6. The summed E-state index contributed by atoms with van der Waals surface area (Å²) in [6, 6.07) is 11.8. The number of benzene rings is 2. The Morgan fingerprint density at radius 3 is 2.18 bits per heavy atom. The number of ether oxygens (including phenoxy) is 2. The van der Waals surface area contributed by atoms with Crippen molar-refractivity contribution in [1.29, 1.82) is 0 Å². The normalized spacial score (nSPS) is 14.1. The standard InChI is InChI=1S/C27H32N4O3/c1-17-9-18(2)11-19(10-17)24-15-29-16-25(26(24)31-7-5-21(28)6-8-31)30-27(32)20-12-22(33-3)14-23(13-20)34-4/h9-16,21H,5-8,28H2,1-4H3,(H,30,32). The van der Waals surface area contributed by atoms with Crippen LogP contribution in [0.2, 0.25) is 0 Å². The SMILES string of the molecule is COc1cc(OC)cc(C(=O)Nc2cncc(-c3cc(C)cc(C)c3)c2N2CCC(N)CC2)c1. The van der Waals surface area contributed by atoms with E-state index in [2.05, 4.69) is 47.2 Å². The van der Waals surface area contributed by atoms with Gasteiger partial charge in [-0.05, 0) is 44.4 Å². The minimum atomic E-state index is -0.258. The van der Waals surface area contributed by atoms with E-state index in [1.807, 2.05) is 6.20 Å². The summed E-state index contributed by atoms with van der Waals surface area (Å²) in [7, 11) is 3.12. The highest BCUT2D eigenvalue weighted by atomic mass is 16.5. The quantitative estimate of drug-likeness (QED) is 0.560. The molecule has 34 heavy (non-hydrogen) atoms. The van der Waals surface area contributed by atoms with E-state index in [4.69, 9.17) is 15.2 Å². The molecular weight excluding hydrogens is 428 g/mol. The van der Waals surface area contributed by atoms with E-state index < -0.39 is 0 Å². The molecule has 0 spiro atoms. The number of hydrogen-bond donors (Lipinski definition) is 2. The first-order valence-corrected chi connectivity index (χ1v) is 11.5. The first-order valence-electron chi connectivity index (χ1n) is 11.5. The van der Waals surface area contributed by atoms with Gasteiger partial charge in [-0.25, -0.2) is 0 Å². The van der Waals surface area contributed by atoms with Crippen molar-refractivity contribution in [2.45, 2.75) is 32.7 Å². The molecule has 3 N–H and O–H groups in total. The molecule has 0 bridgehead atoms. The van der Waals surface area contributed by atoms with Crippen molar-refractivity contribution in [2.24, 2.45) is 5.73 Å². The highest BCUT2D eigenvalue weighted by molar-refractivity contribution is 6.07. The Hall–Kier alpha value is -3.58. The van der Waals surface area contributed by atoms with Gasteiger partial charge < -0.3 is 25.4 Å². The minimum Gasteiger partial charge on any atom is -0.497 e. The van der Waals surface area contributed by atoms with Gasteiger partial charge in [-0.2, -0.15) is 0 Å². The molecule has 7 nitrogen and oxygen atoms in total. The zero-order valence-corrected chi connectivity index (χ0v) is 20.2. The molecule has 0 atom stereocenters. The number of nitrogens with zero attached hydrogens (tertiary/aromatic N) is 2. The summed E-state index contributed by atoms with van der Waals surface area (Å²) in [6.45, 7) is 5.81. The van der Waals surface area contributed by atoms with Crippen LogP contribution in [-0.4, -0.2) is 44.2 Å². The van der Waals surface area contributed by atoms with E-state index >= 15 is 0 Å². The van der Waals surface area contributed by atoms with Crippen LogP contribution in [0.4, 0.5) is 11.4 Å². The number of nitrogens with one attached hydrogen (secondary N) is 1. The highest BCUT2D eigenvalue weighted by Gasteiger charge is 2.24. The molecule has 0 radical (unpaired) electrons. The second kappa shape index (κ2) is 10.1. The number of aromatic nitrogens is 1. The minimum absolute atomic E-state index is 0.199. The summed E-state index contributed by atoms with van der Waals surface area (Å²) < 4.78 is 10.7. The van der Waals surface area contributed by atoms with Crippen LogP contribution in [-0.2, 0) is 0 Å². The summed E-state index contributed by atoms with van der Waals surface area (Å²) in [5.41, 5.74) is 12.7. The second-order valence-corrected chi connectivity index (χ2v) is 8.84. The van der Waals surface area contributed by atoms with Crippen LogP contribution in [0.5, 0.6) is 11.5 Å². The Balaban J connectivity index is 1.77. The number of aryl methyl sites for hydroxylation is 2. The van der Waals surface area contributed by atoms with Crippen LogP contribution in [0.3, 0.4) is 0 Å². The van der Waals surface area contributed by atoms with Crippen molar-refractivity contribution in [3.05, 3.63) is 65.5 Å². The lowest BCUT2D eigenvalue weighted by Gasteiger charge is -2.34. The predicted octanol–water partition coefficient (Wildman–Crippen LogP) is 4.56. The predicted molar refractivity (Wildman–Crippen MR) is 136 cm³/mol. The number of hydrogen-bond acceptors (Lipinski definition) is 6. The van der Waals surface area contributed by atoms with Gasteiger partial charge in [-0.15, -0.1) is 0 Å². The van der Waals surface area contributed by atoms with E-state index in [9.17, 15) is 4.79 Å². The van der Waals surface area contributed by atoms with Crippen LogP contribution in [0, 0.1) is 13.8 Å². The molecule has 0 saturated carbocycles. The van der Waals surface area contributed by atoms with Crippen molar-refractivity contribution in [2.75, 3.05) is 37.5 Å². The van der Waals surface area contributed by atoms with Crippen molar-refractivity contribution in [3.8, 4) is 22.6 Å². The lowest BCUT2D eigenvalue weighted by molar-refractivity contribution is 0.102. The zero-order chi connectivity index (χ0) is 24.2. The van der Waals surface area contributed by atoms with Crippen molar-refractivity contribution in [1.82, 2.24) is 4.98 Å². The number of amides is 1. The molecule has 1 aliphatic rings. The lowest BCUT2D eigenvalue weighted by atomic mass is 9.98. The van der Waals surface area contributed by atoms with Gasteiger partial charge in [0.25, 0.3) is 5.91 Å². The van der Waals surface area contributed by atoms with E-state index in [1.54, 1.807) is 38.6 Å². The number of carbonyl (C=O) groups excluding carboxylic acids is 1. The van der Waals surface area contributed by atoms with Crippen LogP contribution < -0.4 is 25.4 Å². The van der Waals surface area contributed by atoms with E-state index in [-0.39, 0.29) is 11.9 Å². The molecular formula is C27H32N4O3. The molecule has 1 aromatic heterocycles. The monoisotopic (exact) mass is 460 g/mol. The zero-order valence-electron chi connectivity index (χ0n) is 20.2. The third-order valence-electron chi connectivity index (χ3n) is 6.17. The van der Waals surface area contributed by atoms with Gasteiger partial charge in [-0.1, -0.05) is 29.3 Å². The molecule has 1 amide bonds. The number of nitrogens with two attached hydrogens (primary N) is 1. The second-order valence-electron chi connectivity index (χ2n) is 8.84. The topological polar surface area (TPSA) is 89.7 Å². The van der Waals surface area contributed by atoms with Crippen LogP contribution >= 0.6 is 0 Å². The van der Waals surface area contributed by atoms with E-state index in [1.165, 1.54) is 11.1 Å². The van der Waals surface area contributed by atoms with Crippen LogP contribution in [0.15, 0.2) is 48.8 Å². The summed E-state index contributed by atoms with van der Waals surface area (Å²) in [5, 5.41) is 3.09. The molecule has 0 unspecified atom stereocenters. The third-order valence-corrected chi connectivity index (χ3v) is 6.17. The molecule has 4 rings (SSSR count). The average molecular weight is 461 g/mol. The summed E-state index contributed by atoms with van der Waals surface area (Å²) in [4.78, 5) is 20.1. The molecule has 3 aromatic rings. The van der Waals surface area contributed by atoms with Gasteiger partial charge >= 0.3 is 0 Å². The fourth-order valence-corrected chi connectivity index (χ4v) is 4.48. The summed E-state index contributed by atoms with van der Waals surface area (Å²) in [5.74, 6) is 0.847. The Morgan fingerprint density at radius 2 is 1.59 bits per heavy atom. The van der Waals surface area contributed by atoms with E-state index in [0.29, 0.717) is 22.7 Å². The number of carbonyl (C=O) groups is 1. The number of anilines is 2. The molecule has 2 aromatic carbocycles. The maximum absolute atomic E-state index is 13.3. The largest absolute Gasteiger partial charge is 0.497 e. The molecule has 0 aliphatic carbocycles. The smallest absolute Gasteiger partial charge is 0.256 e. The number of piperidine rings is 1.